The highest BCUT2D eigenvalue weighted by atomic mass is 16.5. The standard InChI is InChI=1S/C29H46O3/c1-18-12-16-28(19(18)2)25(10-9-11-29(31)32-8)13-14-26(30)15-17-27-23(6)21(4)20(3)22(5)24(27)7/h18-19,25,28H,9-17H2,1-8H3/t18-,19-,25?,28+/m1/s1. The smallest absolute Gasteiger partial charge is 0.305 e. The van der Waals surface area contributed by atoms with Gasteiger partial charge in [0.25, 0.3) is 0 Å². The van der Waals surface area contributed by atoms with Crippen molar-refractivity contribution in [1.82, 2.24) is 0 Å². The van der Waals surface area contributed by atoms with E-state index in [0.717, 1.165) is 31.6 Å². The second kappa shape index (κ2) is 12.0. The van der Waals surface area contributed by atoms with Gasteiger partial charge in [0, 0.05) is 19.3 Å². The van der Waals surface area contributed by atoms with Crippen LogP contribution in [0.25, 0.3) is 0 Å². The minimum Gasteiger partial charge on any atom is -0.469 e. The molecule has 3 nitrogen and oxygen atoms in total. The molecule has 32 heavy (non-hydrogen) atoms. The number of methoxy groups -OCH3 is 1. The number of esters is 1. The first kappa shape index (κ1) is 26.6. The third kappa shape index (κ3) is 6.45. The second-order valence-corrected chi connectivity index (χ2v) is 10.5. The average molecular weight is 443 g/mol. The highest BCUT2D eigenvalue weighted by molar-refractivity contribution is 5.78. The molecule has 1 unspecified atom stereocenters. The number of ether oxygens (including phenoxy) is 1. The zero-order chi connectivity index (χ0) is 24.0. The van der Waals surface area contributed by atoms with Crippen molar-refractivity contribution in [2.75, 3.05) is 7.11 Å². The largest absolute Gasteiger partial charge is 0.469 e. The van der Waals surface area contributed by atoms with E-state index in [1.807, 2.05) is 0 Å². The van der Waals surface area contributed by atoms with E-state index < -0.39 is 0 Å². The summed E-state index contributed by atoms with van der Waals surface area (Å²) in [6, 6.07) is 0. The monoisotopic (exact) mass is 442 g/mol. The van der Waals surface area contributed by atoms with Crippen LogP contribution >= 0.6 is 0 Å². The third-order valence-corrected chi connectivity index (χ3v) is 8.92. The molecule has 0 bridgehead atoms. The molecule has 0 radical (unpaired) electrons. The summed E-state index contributed by atoms with van der Waals surface area (Å²) >= 11 is 0. The van der Waals surface area contributed by atoms with Gasteiger partial charge >= 0.3 is 5.97 Å². The number of Topliss-reactive ketones (excluding diaryl/α,β-unsaturated/α-hetero) is 1. The van der Waals surface area contributed by atoms with Crippen LogP contribution in [0.1, 0.15) is 98.6 Å². The molecule has 180 valence electrons. The molecule has 1 aliphatic rings. The normalized spacial score (nSPS) is 21.6. The number of carbonyl (C=O) groups excluding carboxylic acids is 2. The van der Waals surface area contributed by atoms with E-state index in [0.29, 0.717) is 42.8 Å². The predicted molar refractivity (Wildman–Crippen MR) is 133 cm³/mol. The maximum absolute atomic E-state index is 12.9. The Bertz CT molecular complexity index is 778. The first-order valence-electron chi connectivity index (χ1n) is 12.7. The summed E-state index contributed by atoms with van der Waals surface area (Å²) in [6.45, 7) is 15.7. The Hall–Kier alpha value is -1.64. The Labute approximate surface area is 196 Å². The fraction of sp³-hybridized carbons (Fsp3) is 0.724. The van der Waals surface area contributed by atoms with Crippen molar-refractivity contribution in [2.24, 2.45) is 23.7 Å². The lowest BCUT2D eigenvalue weighted by Gasteiger charge is -2.28. The van der Waals surface area contributed by atoms with E-state index in [1.165, 1.54) is 53.3 Å². The Kier molecular flexibility index (Phi) is 9.98. The van der Waals surface area contributed by atoms with Gasteiger partial charge in [0.15, 0.2) is 0 Å². The lowest BCUT2D eigenvalue weighted by atomic mass is 9.77. The van der Waals surface area contributed by atoms with Gasteiger partial charge in [0.2, 0.25) is 0 Å². The third-order valence-electron chi connectivity index (χ3n) is 8.92. The highest BCUT2D eigenvalue weighted by Crippen LogP contribution is 2.44. The van der Waals surface area contributed by atoms with E-state index in [1.54, 1.807) is 0 Å². The molecule has 0 heterocycles. The van der Waals surface area contributed by atoms with Crippen molar-refractivity contribution >= 4 is 11.8 Å². The summed E-state index contributed by atoms with van der Waals surface area (Å²) < 4.78 is 4.82. The first-order valence-corrected chi connectivity index (χ1v) is 12.7. The summed E-state index contributed by atoms with van der Waals surface area (Å²) in [6.07, 6.45) is 8.05. The van der Waals surface area contributed by atoms with Gasteiger partial charge in [-0.15, -0.1) is 0 Å². The van der Waals surface area contributed by atoms with Crippen LogP contribution in [-0.2, 0) is 20.7 Å². The zero-order valence-electron chi connectivity index (χ0n) is 21.9. The van der Waals surface area contributed by atoms with Crippen molar-refractivity contribution in [3.63, 3.8) is 0 Å². The molecule has 3 heteroatoms. The van der Waals surface area contributed by atoms with Gasteiger partial charge in [-0.25, -0.2) is 0 Å². The fourth-order valence-electron chi connectivity index (χ4n) is 5.94. The van der Waals surface area contributed by atoms with Crippen LogP contribution in [0.4, 0.5) is 0 Å². The SMILES string of the molecule is COC(=O)CCCC(CCC(=O)CCc1c(C)c(C)c(C)c(C)c1C)[C@H]1CC[C@@H](C)[C@H]1C. The Balaban J connectivity index is 1.97. The van der Waals surface area contributed by atoms with Crippen LogP contribution in [0, 0.1) is 58.3 Å². The van der Waals surface area contributed by atoms with Gasteiger partial charge < -0.3 is 4.74 Å². The van der Waals surface area contributed by atoms with Crippen LogP contribution in [-0.4, -0.2) is 18.9 Å². The number of hydrogen-bond donors (Lipinski definition) is 0. The number of rotatable bonds is 11. The molecule has 0 N–H and O–H groups in total. The molecule has 2 rings (SSSR count). The quantitative estimate of drug-likeness (QED) is 0.342. The second-order valence-electron chi connectivity index (χ2n) is 10.5. The maximum Gasteiger partial charge on any atom is 0.305 e. The van der Waals surface area contributed by atoms with Crippen LogP contribution in [0.2, 0.25) is 0 Å². The first-order chi connectivity index (χ1) is 15.1. The molecule has 0 spiro atoms. The molecule has 1 aromatic rings. The van der Waals surface area contributed by atoms with Gasteiger partial charge in [0.1, 0.15) is 5.78 Å². The van der Waals surface area contributed by atoms with Crippen LogP contribution in [0.3, 0.4) is 0 Å². The van der Waals surface area contributed by atoms with Gasteiger partial charge in [-0.05, 0) is 124 Å². The van der Waals surface area contributed by atoms with Crippen molar-refractivity contribution in [3.8, 4) is 0 Å². The summed E-state index contributed by atoms with van der Waals surface area (Å²) in [5.74, 6) is 2.95. The highest BCUT2D eigenvalue weighted by Gasteiger charge is 2.35. The van der Waals surface area contributed by atoms with Gasteiger partial charge in [-0.2, -0.15) is 0 Å². The maximum atomic E-state index is 12.9. The van der Waals surface area contributed by atoms with Gasteiger partial charge in [-0.1, -0.05) is 20.3 Å². The number of benzene rings is 1. The minimum atomic E-state index is -0.123. The zero-order valence-corrected chi connectivity index (χ0v) is 21.9. The fourth-order valence-corrected chi connectivity index (χ4v) is 5.94. The molecule has 0 amide bonds. The molecule has 1 saturated carbocycles. The molecule has 0 aliphatic heterocycles. The molecule has 1 fully saturated rings. The van der Waals surface area contributed by atoms with Gasteiger partial charge in [-0.3, -0.25) is 9.59 Å². The topological polar surface area (TPSA) is 43.4 Å². The lowest BCUT2D eigenvalue weighted by molar-refractivity contribution is -0.140. The van der Waals surface area contributed by atoms with E-state index in [9.17, 15) is 9.59 Å². The van der Waals surface area contributed by atoms with Crippen molar-refractivity contribution in [1.29, 1.82) is 0 Å². The van der Waals surface area contributed by atoms with Gasteiger partial charge in [0.05, 0.1) is 7.11 Å². The van der Waals surface area contributed by atoms with Crippen molar-refractivity contribution in [2.45, 2.75) is 106 Å². The Morgan fingerprint density at radius 2 is 1.44 bits per heavy atom. The molecule has 1 aromatic carbocycles. The Morgan fingerprint density at radius 1 is 0.844 bits per heavy atom. The summed E-state index contributed by atoms with van der Waals surface area (Å²) in [4.78, 5) is 24.5. The van der Waals surface area contributed by atoms with Crippen LogP contribution in [0.5, 0.6) is 0 Å². The van der Waals surface area contributed by atoms with E-state index in [4.69, 9.17) is 4.74 Å². The molecular formula is C29H46O3. The van der Waals surface area contributed by atoms with E-state index in [2.05, 4.69) is 48.5 Å². The minimum absolute atomic E-state index is 0.123. The molecule has 1 aliphatic carbocycles. The summed E-state index contributed by atoms with van der Waals surface area (Å²) in [7, 11) is 1.46. The lowest BCUT2D eigenvalue weighted by Crippen LogP contribution is -2.21. The molecule has 4 atom stereocenters. The van der Waals surface area contributed by atoms with Crippen LogP contribution < -0.4 is 0 Å². The van der Waals surface area contributed by atoms with Crippen molar-refractivity contribution in [3.05, 3.63) is 33.4 Å². The Morgan fingerprint density at radius 3 is 1.97 bits per heavy atom. The summed E-state index contributed by atoms with van der Waals surface area (Å²) in [5.41, 5.74) is 8.19. The number of carbonyl (C=O) groups is 2. The van der Waals surface area contributed by atoms with E-state index >= 15 is 0 Å². The summed E-state index contributed by atoms with van der Waals surface area (Å²) in [5, 5.41) is 0. The van der Waals surface area contributed by atoms with E-state index in [-0.39, 0.29) is 5.97 Å². The molecule has 0 saturated heterocycles. The number of hydrogen-bond acceptors (Lipinski definition) is 3. The predicted octanol–water partition coefficient (Wildman–Crippen LogP) is 7.15. The number of ketones is 1. The molecular weight excluding hydrogens is 396 g/mol. The van der Waals surface area contributed by atoms with Crippen LogP contribution in [0.15, 0.2) is 0 Å². The molecule has 0 aromatic heterocycles. The average Bonchev–Trinajstić information content (AvgIpc) is 3.11. The van der Waals surface area contributed by atoms with Crippen molar-refractivity contribution < 1.29 is 14.3 Å².